The lowest BCUT2D eigenvalue weighted by molar-refractivity contribution is -0.140. The van der Waals surface area contributed by atoms with Crippen molar-refractivity contribution in [2.24, 2.45) is 5.92 Å². The number of pyridine rings is 1. The van der Waals surface area contributed by atoms with Crippen LogP contribution in [-0.4, -0.2) is 29.1 Å². The van der Waals surface area contributed by atoms with E-state index in [4.69, 9.17) is 10.1 Å². The Bertz CT molecular complexity index is 724. The van der Waals surface area contributed by atoms with Crippen LogP contribution in [0.2, 0.25) is 0 Å². The number of aryl methyl sites for hydroxylation is 3. The van der Waals surface area contributed by atoms with E-state index in [2.05, 4.69) is 43.9 Å². The van der Waals surface area contributed by atoms with E-state index in [1.807, 2.05) is 0 Å². The van der Waals surface area contributed by atoms with Gasteiger partial charge in [-0.15, -0.1) is 0 Å². The van der Waals surface area contributed by atoms with Crippen LogP contribution in [-0.2, 0) is 4.79 Å². The molecule has 0 spiro atoms. The molecule has 0 saturated carbocycles. The maximum absolute atomic E-state index is 11.1. The summed E-state index contributed by atoms with van der Waals surface area (Å²) in [6.07, 6.45) is 0.695. The van der Waals surface area contributed by atoms with E-state index in [-0.39, 0.29) is 5.92 Å². The molecule has 1 N–H and O–H groups in total. The summed E-state index contributed by atoms with van der Waals surface area (Å²) in [6, 6.07) is 6.32. The summed E-state index contributed by atoms with van der Waals surface area (Å²) in [5.41, 5.74) is 4.66. The zero-order chi connectivity index (χ0) is 15.1. The fourth-order valence-corrected chi connectivity index (χ4v) is 3.01. The third-order valence-corrected chi connectivity index (χ3v) is 4.56. The molecule has 0 bridgehead atoms. The second kappa shape index (κ2) is 5.02. The minimum absolute atomic E-state index is 0.276. The van der Waals surface area contributed by atoms with E-state index in [1.165, 1.54) is 22.1 Å². The van der Waals surface area contributed by atoms with Crippen LogP contribution in [0.1, 0.15) is 23.1 Å². The Kier molecular flexibility index (Phi) is 3.32. The highest BCUT2D eigenvalue weighted by Crippen LogP contribution is 2.29. The van der Waals surface area contributed by atoms with Crippen molar-refractivity contribution in [2.75, 3.05) is 18.0 Å². The van der Waals surface area contributed by atoms with Crippen LogP contribution in [0.5, 0.6) is 0 Å². The van der Waals surface area contributed by atoms with Crippen molar-refractivity contribution in [2.45, 2.75) is 27.2 Å². The lowest BCUT2D eigenvalue weighted by Crippen LogP contribution is -2.23. The minimum Gasteiger partial charge on any atom is -0.481 e. The number of fused-ring (bicyclic) bond motifs is 1. The first-order valence-electron chi connectivity index (χ1n) is 7.32. The van der Waals surface area contributed by atoms with Crippen molar-refractivity contribution in [1.82, 2.24) is 4.98 Å². The van der Waals surface area contributed by atoms with Gasteiger partial charge in [0.1, 0.15) is 5.82 Å². The van der Waals surface area contributed by atoms with Gasteiger partial charge in [0.25, 0.3) is 0 Å². The number of aromatic nitrogens is 1. The lowest BCUT2D eigenvalue weighted by atomic mass is 10.0. The summed E-state index contributed by atoms with van der Waals surface area (Å²) in [5, 5.41) is 10.3. The van der Waals surface area contributed by atoms with E-state index in [0.717, 1.165) is 17.9 Å². The van der Waals surface area contributed by atoms with Gasteiger partial charge in [-0.3, -0.25) is 4.79 Å². The highest BCUT2D eigenvalue weighted by atomic mass is 16.4. The first kappa shape index (κ1) is 13.9. The van der Waals surface area contributed by atoms with E-state index in [0.29, 0.717) is 13.0 Å². The van der Waals surface area contributed by atoms with Gasteiger partial charge in [0.2, 0.25) is 0 Å². The predicted molar refractivity (Wildman–Crippen MR) is 83.9 cm³/mol. The normalized spacial score (nSPS) is 18.4. The molecule has 0 radical (unpaired) electrons. The van der Waals surface area contributed by atoms with Crippen LogP contribution in [0.3, 0.4) is 0 Å². The van der Waals surface area contributed by atoms with E-state index in [1.54, 1.807) is 0 Å². The second-order valence-electron chi connectivity index (χ2n) is 5.97. The summed E-state index contributed by atoms with van der Waals surface area (Å²) in [7, 11) is 0. The Balaban J connectivity index is 2.05. The molecule has 1 saturated heterocycles. The van der Waals surface area contributed by atoms with E-state index >= 15 is 0 Å². The molecule has 2 aromatic rings. The molecule has 1 atom stereocenters. The molecular weight excluding hydrogens is 264 g/mol. The molecule has 4 heteroatoms. The molecule has 1 aliphatic heterocycles. The van der Waals surface area contributed by atoms with Gasteiger partial charge >= 0.3 is 5.97 Å². The summed E-state index contributed by atoms with van der Waals surface area (Å²) in [6.45, 7) is 7.59. The van der Waals surface area contributed by atoms with Crippen LogP contribution in [0, 0.1) is 26.7 Å². The molecule has 21 heavy (non-hydrogen) atoms. The first-order valence-corrected chi connectivity index (χ1v) is 7.32. The first-order chi connectivity index (χ1) is 9.97. The molecule has 1 aliphatic rings. The van der Waals surface area contributed by atoms with Crippen molar-refractivity contribution in [3.8, 4) is 0 Å². The lowest BCUT2D eigenvalue weighted by Gasteiger charge is -2.19. The molecule has 1 unspecified atom stereocenters. The number of carbonyl (C=O) groups is 1. The molecule has 3 rings (SSSR count). The number of nitrogens with zero attached hydrogens (tertiary/aromatic N) is 2. The average Bonchev–Trinajstić information content (AvgIpc) is 2.93. The molecule has 4 nitrogen and oxygen atoms in total. The highest BCUT2D eigenvalue weighted by molar-refractivity contribution is 5.87. The quantitative estimate of drug-likeness (QED) is 0.921. The van der Waals surface area contributed by atoms with Crippen molar-refractivity contribution in [3.63, 3.8) is 0 Å². The zero-order valence-electron chi connectivity index (χ0n) is 12.7. The standard InChI is InChI=1S/C17H20N2O2/c1-10-4-5-14-11(2)8-15(18-16(14)12(10)3)19-7-6-13(9-19)17(20)21/h4-5,8,13H,6-7,9H2,1-3H3,(H,20,21). The highest BCUT2D eigenvalue weighted by Gasteiger charge is 2.29. The Morgan fingerprint density at radius 3 is 2.71 bits per heavy atom. The Morgan fingerprint density at radius 1 is 1.29 bits per heavy atom. The summed E-state index contributed by atoms with van der Waals surface area (Å²) >= 11 is 0. The van der Waals surface area contributed by atoms with Crippen molar-refractivity contribution in [1.29, 1.82) is 0 Å². The number of rotatable bonds is 2. The van der Waals surface area contributed by atoms with Gasteiger partial charge in [0.05, 0.1) is 11.4 Å². The predicted octanol–water partition coefficient (Wildman–Crippen LogP) is 3.07. The van der Waals surface area contributed by atoms with Crippen LogP contribution < -0.4 is 4.90 Å². The number of hydrogen-bond donors (Lipinski definition) is 1. The summed E-state index contributed by atoms with van der Waals surface area (Å²) < 4.78 is 0. The SMILES string of the molecule is Cc1ccc2c(C)cc(N3CCC(C(=O)O)C3)nc2c1C. The number of aliphatic carboxylic acids is 1. The van der Waals surface area contributed by atoms with Gasteiger partial charge in [-0.05, 0) is 49.9 Å². The van der Waals surface area contributed by atoms with Gasteiger partial charge in [-0.1, -0.05) is 12.1 Å². The van der Waals surface area contributed by atoms with Crippen molar-refractivity contribution < 1.29 is 9.90 Å². The van der Waals surface area contributed by atoms with Crippen LogP contribution in [0.4, 0.5) is 5.82 Å². The van der Waals surface area contributed by atoms with Gasteiger partial charge in [0, 0.05) is 18.5 Å². The van der Waals surface area contributed by atoms with Crippen molar-refractivity contribution in [3.05, 3.63) is 34.9 Å². The van der Waals surface area contributed by atoms with Gasteiger partial charge in [0.15, 0.2) is 0 Å². The third-order valence-electron chi connectivity index (χ3n) is 4.56. The zero-order valence-corrected chi connectivity index (χ0v) is 12.7. The van der Waals surface area contributed by atoms with E-state index in [9.17, 15) is 4.79 Å². The number of carboxylic acids is 1. The topological polar surface area (TPSA) is 53.4 Å². The van der Waals surface area contributed by atoms with Crippen LogP contribution >= 0.6 is 0 Å². The molecule has 0 amide bonds. The number of carboxylic acid groups (broad SMARTS) is 1. The third kappa shape index (κ3) is 2.35. The van der Waals surface area contributed by atoms with Crippen molar-refractivity contribution >= 4 is 22.7 Å². The smallest absolute Gasteiger partial charge is 0.308 e. The summed E-state index contributed by atoms with van der Waals surface area (Å²) in [4.78, 5) is 18.0. The fourth-order valence-electron chi connectivity index (χ4n) is 3.01. The average molecular weight is 284 g/mol. The molecule has 0 aliphatic carbocycles. The largest absolute Gasteiger partial charge is 0.481 e. The molecule has 1 aromatic carbocycles. The molecule has 1 aromatic heterocycles. The minimum atomic E-state index is -0.706. The maximum Gasteiger partial charge on any atom is 0.308 e. The Labute approximate surface area is 124 Å². The Morgan fingerprint density at radius 2 is 2.05 bits per heavy atom. The van der Waals surface area contributed by atoms with Crippen LogP contribution in [0.15, 0.2) is 18.2 Å². The van der Waals surface area contributed by atoms with Gasteiger partial charge < -0.3 is 10.0 Å². The molecule has 110 valence electrons. The van der Waals surface area contributed by atoms with E-state index < -0.39 is 5.97 Å². The molecule has 2 heterocycles. The number of hydrogen-bond acceptors (Lipinski definition) is 3. The maximum atomic E-state index is 11.1. The number of anilines is 1. The monoisotopic (exact) mass is 284 g/mol. The fraction of sp³-hybridized carbons (Fsp3) is 0.412. The van der Waals surface area contributed by atoms with Gasteiger partial charge in [-0.2, -0.15) is 0 Å². The Hall–Kier alpha value is -2.10. The second-order valence-corrected chi connectivity index (χ2v) is 5.97. The molecule has 1 fully saturated rings. The summed E-state index contributed by atoms with van der Waals surface area (Å²) in [5.74, 6) is -0.0825. The molecular formula is C17H20N2O2. The van der Waals surface area contributed by atoms with Crippen LogP contribution in [0.25, 0.3) is 10.9 Å². The van der Waals surface area contributed by atoms with Gasteiger partial charge in [-0.25, -0.2) is 4.98 Å². The number of benzene rings is 1.